The van der Waals surface area contributed by atoms with Gasteiger partial charge in [-0.1, -0.05) is 18.2 Å². The number of carboxylic acids is 1. The van der Waals surface area contributed by atoms with Gasteiger partial charge in [-0.05, 0) is 26.0 Å². The van der Waals surface area contributed by atoms with Gasteiger partial charge in [0.05, 0.1) is 12.0 Å². The van der Waals surface area contributed by atoms with E-state index in [2.05, 4.69) is 0 Å². The van der Waals surface area contributed by atoms with Gasteiger partial charge in [0.25, 0.3) is 0 Å². The molecule has 1 N–H and O–H groups in total. The van der Waals surface area contributed by atoms with Gasteiger partial charge < -0.3 is 24.1 Å². The van der Waals surface area contributed by atoms with Crippen LogP contribution in [0.2, 0.25) is 0 Å². The first-order valence-corrected chi connectivity index (χ1v) is 7.81. The molecule has 4 atom stereocenters. The average Bonchev–Trinajstić information content (AvgIpc) is 2.98. The van der Waals surface area contributed by atoms with Crippen molar-refractivity contribution in [3.63, 3.8) is 0 Å². The van der Waals surface area contributed by atoms with E-state index in [4.69, 9.17) is 24.1 Å². The predicted molar refractivity (Wildman–Crippen MR) is 81.2 cm³/mol. The Kier molecular flexibility index (Phi) is 4.58. The first kappa shape index (κ1) is 16.9. The monoisotopic (exact) mass is 336 g/mol. The Morgan fingerprint density at radius 1 is 1.21 bits per heavy atom. The highest BCUT2D eigenvalue weighted by Crippen LogP contribution is 2.42. The molecule has 1 unspecified atom stereocenters. The minimum Gasteiger partial charge on any atom is -0.481 e. The van der Waals surface area contributed by atoms with Crippen LogP contribution in [0.1, 0.15) is 30.6 Å². The molecule has 0 amide bonds. The molecule has 2 saturated heterocycles. The van der Waals surface area contributed by atoms with E-state index in [-0.39, 0.29) is 13.0 Å². The molecule has 0 bridgehead atoms. The minimum absolute atomic E-state index is 0.0498. The molecule has 1 aromatic rings. The summed E-state index contributed by atoms with van der Waals surface area (Å²) in [4.78, 5) is 23.2. The summed E-state index contributed by atoms with van der Waals surface area (Å²) < 4.78 is 22.4. The van der Waals surface area contributed by atoms with Gasteiger partial charge in [0.2, 0.25) is 0 Å². The standard InChI is InChI=1S/C17H20O7/c1-17(2)23-14-11(8-13(18)19)12(22-16(14)24-17)9-21-15(20)10-6-4-3-5-7-10/h3-7,11-12,14,16H,8-9H2,1-2H3,(H,18,19)/t11-,12?,14-,16-/m1/s1. The van der Waals surface area contributed by atoms with Crippen molar-refractivity contribution in [1.82, 2.24) is 0 Å². The summed E-state index contributed by atoms with van der Waals surface area (Å²) in [7, 11) is 0. The molecule has 2 aliphatic rings. The Morgan fingerprint density at radius 2 is 1.92 bits per heavy atom. The highest BCUT2D eigenvalue weighted by atomic mass is 16.8. The molecule has 2 fully saturated rings. The first-order valence-electron chi connectivity index (χ1n) is 7.81. The second-order valence-corrected chi connectivity index (χ2v) is 6.37. The van der Waals surface area contributed by atoms with Crippen LogP contribution < -0.4 is 0 Å². The Hall–Kier alpha value is -1.96. The Bertz CT molecular complexity index is 613. The molecule has 7 nitrogen and oxygen atoms in total. The van der Waals surface area contributed by atoms with E-state index in [1.807, 2.05) is 0 Å². The molecule has 24 heavy (non-hydrogen) atoms. The van der Waals surface area contributed by atoms with Crippen LogP contribution in [0.4, 0.5) is 0 Å². The zero-order valence-corrected chi connectivity index (χ0v) is 13.5. The third kappa shape index (κ3) is 3.58. The number of hydrogen-bond donors (Lipinski definition) is 1. The molecule has 0 saturated carbocycles. The summed E-state index contributed by atoms with van der Waals surface area (Å²) in [5.74, 6) is -2.71. The predicted octanol–water partition coefficient (Wildman–Crippen LogP) is 1.81. The average molecular weight is 336 g/mol. The Labute approximate surface area is 139 Å². The third-order valence-electron chi connectivity index (χ3n) is 4.10. The summed E-state index contributed by atoms with van der Waals surface area (Å²) in [6.45, 7) is 3.44. The van der Waals surface area contributed by atoms with Gasteiger partial charge in [0, 0.05) is 5.92 Å². The number of benzene rings is 1. The van der Waals surface area contributed by atoms with Gasteiger partial charge in [-0.2, -0.15) is 0 Å². The van der Waals surface area contributed by atoms with E-state index in [1.54, 1.807) is 44.2 Å². The largest absolute Gasteiger partial charge is 0.481 e. The first-order chi connectivity index (χ1) is 11.4. The van der Waals surface area contributed by atoms with E-state index in [9.17, 15) is 9.59 Å². The number of hydrogen-bond acceptors (Lipinski definition) is 6. The van der Waals surface area contributed by atoms with E-state index in [0.717, 1.165) is 0 Å². The number of fused-ring (bicyclic) bond motifs is 1. The highest BCUT2D eigenvalue weighted by molar-refractivity contribution is 5.89. The van der Waals surface area contributed by atoms with Crippen LogP contribution in [0.25, 0.3) is 0 Å². The van der Waals surface area contributed by atoms with Crippen molar-refractivity contribution >= 4 is 11.9 Å². The molecule has 130 valence electrons. The van der Waals surface area contributed by atoms with E-state index in [1.165, 1.54) is 0 Å². The summed E-state index contributed by atoms with van der Waals surface area (Å²) in [5, 5.41) is 9.14. The number of carbonyl (C=O) groups is 2. The Balaban J connectivity index is 1.64. The lowest BCUT2D eigenvalue weighted by Crippen LogP contribution is -2.34. The number of carboxylic acid groups (broad SMARTS) is 1. The smallest absolute Gasteiger partial charge is 0.338 e. The topological polar surface area (TPSA) is 91.3 Å². The van der Waals surface area contributed by atoms with Crippen LogP contribution in [-0.4, -0.2) is 47.9 Å². The van der Waals surface area contributed by atoms with Crippen molar-refractivity contribution in [2.75, 3.05) is 6.61 Å². The normalized spacial score (nSPS) is 30.8. The zero-order chi connectivity index (χ0) is 17.3. The van der Waals surface area contributed by atoms with E-state index < -0.39 is 42.1 Å². The molecule has 1 aromatic carbocycles. The van der Waals surface area contributed by atoms with Crippen molar-refractivity contribution in [3.05, 3.63) is 35.9 Å². The molecule has 2 heterocycles. The second-order valence-electron chi connectivity index (χ2n) is 6.37. The summed E-state index contributed by atoms with van der Waals surface area (Å²) >= 11 is 0. The van der Waals surface area contributed by atoms with Gasteiger partial charge >= 0.3 is 11.9 Å². The fraction of sp³-hybridized carbons (Fsp3) is 0.529. The maximum absolute atomic E-state index is 12.0. The lowest BCUT2D eigenvalue weighted by molar-refractivity contribution is -0.214. The van der Waals surface area contributed by atoms with Gasteiger partial charge in [-0.25, -0.2) is 4.79 Å². The molecule has 7 heteroatoms. The number of carbonyl (C=O) groups excluding carboxylic acids is 1. The fourth-order valence-corrected chi connectivity index (χ4v) is 3.06. The second kappa shape index (κ2) is 6.51. The van der Waals surface area contributed by atoms with E-state index in [0.29, 0.717) is 5.56 Å². The summed E-state index contributed by atoms with van der Waals surface area (Å²) in [6.07, 6.45) is -1.87. The van der Waals surface area contributed by atoms with Crippen molar-refractivity contribution in [1.29, 1.82) is 0 Å². The number of aliphatic carboxylic acids is 1. The van der Waals surface area contributed by atoms with Crippen molar-refractivity contribution in [2.45, 2.75) is 44.6 Å². The molecule has 0 aromatic heterocycles. The molecule has 3 rings (SSSR count). The molecule has 0 aliphatic carbocycles. The maximum atomic E-state index is 12.0. The SMILES string of the molecule is CC1(C)O[C@H]2OC(COC(=O)c3ccccc3)[C@@H](CC(=O)O)[C@H]2O1. The van der Waals surface area contributed by atoms with Gasteiger partial charge in [-0.3, -0.25) is 4.79 Å². The quantitative estimate of drug-likeness (QED) is 0.820. The van der Waals surface area contributed by atoms with Crippen LogP contribution in [0.5, 0.6) is 0 Å². The van der Waals surface area contributed by atoms with Crippen molar-refractivity contribution in [3.8, 4) is 0 Å². The van der Waals surface area contributed by atoms with Crippen LogP contribution in [0, 0.1) is 5.92 Å². The maximum Gasteiger partial charge on any atom is 0.338 e. The lowest BCUT2D eigenvalue weighted by Gasteiger charge is -2.24. The lowest BCUT2D eigenvalue weighted by atomic mass is 9.95. The molecule has 2 aliphatic heterocycles. The summed E-state index contributed by atoms with van der Waals surface area (Å²) in [6, 6.07) is 8.58. The fourth-order valence-electron chi connectivity index (χ4n) is 3.06. The van der Waals surface area contributed by atoms with Crippen LogP contribution in [0.15, 0.2) is 30.3 Å². The van der Waals surface area contributed by atoms with Crippen LogP contribution >= 0.6 is 0 Å². The van der Waals surface area contributed by atoms with Crippen LogP contribution in [0.3, 0.4) is 0 Å². The summed E-state index contributed by atoms with van der Waals surface area (Å²) in [5.41, 5.74) is 0.430. The zero-order valence-electron chi connectivity index (χ0n) is 13.5. The Morgan fingerprint density at radius 3 is 2.58 bits per heavy atom. The molecule has 0 radical (unpaired) electrons. The highest BCUT2D eigenvalue weighted by Gasteiger charge is 2.55. The molecular formula is C17H20O7. The molecular weight excluding hydrogens is 316 g/mol. The van der Waals surface area contributed by atoms with Crippen molar-refractivity contribution in [2.24, 2.45) is 5.92 Å². The van der Waals surface area contributed by atoms with Gasteiger partial charge in [0.1, 0.15) is 18.8 Å². The van der Waals surface area contributed by atoms with Gasteiger partial charge in [0.15, 0.2) is 12.1 Å². The number of ether oxygens (including phenoxy) is 4. The van der Waals surface area contributed by atoms with Crippen molar-refractivity contribution < 1.29 is 33.6 Å². The van der Waals surface area contributed by atoms with E-state index >= 15 is 0 Å². The van der Waals surface area contributed by atoms with Crippen LogP contribution in [-0.2, 0) is 23.7 Å². The minimum atomic E-state index is -0.961. The van der Waals surface area contributed by atoms with Gasteiger partial charge in [-0.15, -0.1) is 0 Å². The number of rotatable bonds is 5. The molecule has 0 spiro atoms. The third-order valence-corrected chi connectivity index (χ3v) is 4.10. The number of esters is 1.